The normalized spacial score (nSPS) is 21.1. The molecule has 0 heterocycles. The first-order valence-corrected chi connectivity index (χ1v) is 4.75. The average Bonchev–Trinajstić information content (AvgIpc) is 3.02. The molecule has 1 saturated carbocycles. The molecular weight excluding hydrogens is 162 g/mol. The number of nitrogens with two attached hydrogens (primary N) is 1. The molecule has 13 heavy (non-hydrogen) atoms. The van der Waals surface area contributed by atoms with Crippen LogP contribution in [0.4, 0.5) is 0 Å². The van der Waals surface area contributed by atoms with Crippen LogP contribution in [0.1, 0.15) is 18.4 Å². The molecule has 2 rings (SSSR count). The Morgan fingerprint density at radius 3 is 2.38 bits per heavy atom. The Bertz CT molecular complexity index is 281. The van der Waals surface area contributed by atoms with Crippen molar-refractivity contribution in [1.29, 1.82) is 0 Å². The Kier molecular flexibility index (Phi) is 2.10. The van der Waals surface area contributed by atoms with E-state index in [1.54, 1.807) is 0 Å². The van der Waals surface area contributed by atoms with E-state index in [0.29, 0.717) is 12.5 Å². The molecule has 2 nitrogen and oxygen atoms in total. The molecule has 3 N–H and O–H groups in total. The summed E-state index contributed by atoms with van der Waals surface area (Å²) in [6, 6.07) is 9.74. The molecule has 0 radical (unpaired) electrons. The number of benzene rings is 1. The number of rotatable bonds is 3. The fourth-order valence-electron chi connectivity index (χ4n) is 1.81. The van der Waals surface area contributed by atoms with Gasteiger partial charge in [0.05, 0.1) is 0 Å². The lowest BCUT2D eigenvalue weighted by Gasteiger charge is -2.26. The summed E-state index contributed by atoms with van der Waals surface area (Å²) in [6.07, 6.45) is 2.20. The van der Waals surface area contributed by atoms with E-state index in [1.807, 2.05) is 30.3 Å². The molecule has 0 bridgehead atoms. The van der Waals surface area contributed by atoms with Crippen LogP contribution in [0.25, 0.3) is 0 Å². The van der Waals surface area contributed by atoms with Crippen LogP contribution < -0.4 is 5.73 Å². The van der Waals surface area contributed by atoms with Crippen LogP contribution in [0.5, 0.6) is 0 Å². The molecule has 0 aromatic heterocycles. The van der Waals surface area contributed by atoms with Crippen LogP contribution in [0.3, 0.4) is 0 Å². The number of hydrogen-bond donors (Lipinski definition) is 2. The van der Waals surface area contributed by atoms with Gasteiger partial charge in [-0.25, -0.2) is 0 Å². The minimum atomic E-state index is -0.777. The van der Waals surface area contributed by atoms with E-state index in [2.05, 4.69) is 0 Å². The maximum atomic E-state index is 10.3. The summed E-state index contributed by atoms with van der Waals surface area (Å²) in [5.41, 5.74) is 5.81. The molecule has 0 amide bonds. The third-order valence-electron chi connectivity index (χ3n) is 2.84. The molecule has 2 heteroatoms. The monoisotopic (exact) mass is 177 g/mol. The zero-order valence-corrected chi connectivity index (χ0v) is 7.61. The third-order valence-corrected chi connectivity index (χ3v) is 2.84. The molecule has 1 aromatic carbocycles. The average molecular weight is 177 g/mol. The predicted molar refractivity (Wildman–Crippen MR) is 52.1 cm³/mol. The molecule has 1 aliphatic carbocycles. The summed E-state index contributed by atoms with van der Waals surface area (Å²) in [5.74, 6) is 0.375. The van der Waals surface area contributed by atoms with Gasteiger partial charge in [-0.2, -0.15) is 0 Å². The van der Waals surface area contributed by atoms with E-state index in [4.69, 9.17) is 5.73 Å². The quantitative estimate of drug-likeness (QED) is 0.729. The van der Waals surface area contributed by atoms with Crippen molar-refractivity contribution in [2.24, 2.45) is 11.7 Å². The standard InChI is InChI=1S/C11H15NO/c12-8-11(13,10-6-7-10)9-4-2-1-3-5-9/h1-5,10,13H,6-8,12H2. The minimum Gasteiger partial charge on any atom is -0.384 e. The second kappa shape index (κ2) is 3.13. The molecule has 1 atom stereocenters. The largest absolute Gasteiger partial charge is 0.384 e. The van der Waals surface area contributed by atoms with Crippen molar-refractivity contribution < 1.29 is 5.11 Å². The fraction of sp³-hybridized carbons (Fsp3) is 0.455. The van der Waals surface area contributed by atoms with E-state index in [-0.39, 0.29) is 0 Å². The van der Waals surface area contributed by atoms with E-state index in [0.717, 1.165) is 18.4 Å². The molecule has 0 spiro atoms. The highest BCUT2D eigenvalue weighted by Gasteiger charge is 2.43. The molecule has 70 valence electrons. The van der Waals surface area contributed by atoms with E-state index < -0.39 is 5.60 Å². The van der Waals surface area contributed by atoms with Crippen LogP contribution in [-0.4, -0.2) is 11.7 Å². The summed E-state index contributed by atoms with van der Waals surface area (Å²) in [7, 11) is 0. The maximum Gasteiger partial charge on any atom is 0.105 e. The van der Waals surface area contributed by atoms with Crippen molar-refractivity contribution in [3.8, 4) is 0 Å². The Morgan fingerprint density at radius 2 is 1.92 bits per heavy atom. The smallest absolute Gasteiger partial charge is 0.105 e. The van der Waals surface area contributed by atoms with Crippen LogP contribution >= 0.6 is 0 Å². The van der Waals surface area contributed by atoms with Gasteiger partial charge in [-0.3, -0.25) is 0 Å². The minimum absolute atomic E-state index is 0.321. The highest BCUT2D eigenvalue weighted by Crippen LogP contribution is 2.44. The van der Waals surface area contributed by atoms with Gasteiger partial charge in [0, 0.05) is 6.54 Å². The first-order chi connectivity index (χ1) is 6.27. The van der Waals surface area contributed by atoms with Gasteiger partial charge >= 0.3 is 0 Å². The van der Waals surface area contributed by atoms with E-state index in [1.165, 1.54) is 0 Å². The van der Waals surface area contributed by atoms with Gasteiger partial charge in [-0.05, 0) is 24.3 Å². The van der Waals surface area contributed by atoms with E-state index >= 15 is 0 Å². The molecule has 1 fully saturated rings. The molecule has 0 aliphatic heterocycles. The zero-order chi connectivity index (χ0) is 9.31. The maximum absolute atomic E-state index is 10.3. The summed E-state index contributed by atoms with van der Waals surface area (Å²) in [6.45, 7) is 0.321. The van der Waals surface area contributed by atoms with Gasteiger partial charge in [0.15, 0.2) is 0 Å². The van der Waals surface area contributed by atoms with Crippen molar-refractivity contribution in [2.75, 3.05) is 6.54 Å². The Morgan fingerprint density at radius 1 is 1.31 bits per heavy atom. The first kappa shape index (κ1) is 8.73. The Balaban J connectivity index is 2.30. The van der Waals surface area contributed by atoms with Crippen molar-refractivity contribution in [1.82, 2.24) is 0 Å². The van der Waals surface area contributed by atoms with Gasteiger partial charge in [0.1, 0.15) is 5.60 Å². The molecule has 1 aliphatic rings. The van der Waals surface area contributed by atoms with Crippen molar-refractivity contribution in [3.63, 3.8) is 0 Å². The Hall–Kier alpha value is -0.860. The lowest BCUT2D eigenvalue weighted by Crippen LogP contribution is -2.37. The Labute approximate surface area is 78.4 Å². The van der Waals surface area contributed by atoms with Gasteiger partial charge in [-0.15, -0.1) is 0 Å². The SMILES string of the molecule is NCC(O)(c1ccccc1)C1CC1. The zero-order valence-electron chi connectivity index (χ0n) is 7.61. The van der Waals surface area contributed by atoms with Gasteiger partial charge in [0.2, 0.25) is 0 Å². The molecule has 1 aromatic rings. The van der Waals surface area contributed by atoms with E-state index in [9.17, 15) is 5.11 Å². The van der Waals surface area contributed by atoms with Crippen molar-refractivity contribution in [3.05, 3.63) is 35.9 Å². The highest BCUT2D eigenvalue weighted by molar-refractivity contribution is 5.25. The van der Waals surface area contributed by atoms with Gasteiger partial charge in [-0.1, -0.05) is 30.3 Å². The summed E-state index contributed by atoms with van der Waals surface area (Å²) in [5, 5.41) is 10.3. The molecular formula is C11H15NO. The van der Waals surface area contributed by atoms with Crippen LogP contribution in [0.15, 0.2) is 30.3 Å². The van der Waals surface area contributed by atoms with Crippen LogP contribution in [0, 0.1) is 5.92 Å². The van der Waals surface area contributed by atoms with Gasteiger partial charge < -0.3 is 10.8 Å². The molecule has 0 saturated heterocycles. The predicted octanol–water partition coefficient (Wildman–Crippen LogP) is 1.24. The molecule has 1 unspecified atom stereocenters. The lowest BCUT2D eigenvalue weighted by atomic mass is 9.89. The summed E-state index contributed by atoms with van der Waals surface area (Å²) < 4.78 is 0. The third kappa shape index (κ3) is 1.47. The second-order valence-corrected chi connectivity index (χ2v) is 3.77. The number of aliphatic hydroxyl groups is 1. The van der Waals surface area contributed by atoms with Crippen LogP contribution in [-0.2, 0) is 5.60 Å². The fourth-order valence-corrected chi connectivity index (χ4v) is 1.81. The number of hydrogen-bond acceptors (Lipinski definition) is 2. The summed E-state index contributed by atoms with van der Waals surface area (Å²) in [4.78, 5) is 0. The topological polar surface area (TPSA) is 46.2 Å². The van der Waals surface area contributed by atoms with Crippen molar-refractivity contribution in [2.45, 2.75) is 18.4 Å². The lowest BCUT2D eigenvalue weighted by molar-refractivity contribution is 0.0222. The first-order valence-electron chi connectivity index (χ1n) is 4.75. The second-order valence-electron chi connectivity index (χ2n) is 3.77. The van der Waals surface area contributed by atoms with Gasteiger partial charge in [0.25, 0.3) is 0 Å². The summed E-state index contributed by atoms with van der Waals surface area (Å²) >= 11 is 0. The van der Waals surface area contributed by atoms with Crippen LogP contribution in [0.2, 0.25) is 0 Å². The highest BCUT2D eigenvalue weighted by atomic mass is 16.3. The van der Waals surface area contributed by atoms with Crippen molar-refractivity contribution >= 4 is 0 Å².